The van der Waals surface area contributed by atoms with Crippen molar-refractivity contribution in [1.82, 2.24) is 0 Å². The Hall–Kier alpha value is 0.250. The van der Waals surface area contributed by atoms with Gasteiger partial charge in [0.25, 0.3) is 0 Å². The third-order valence-electron chi connectivity index (χ3n) is 4.89. The molecule has 1 nitrogen and oxygen atoms in total. The molecule has 2 heteroatoms. The molecule has 0 spiro atoms. The molecule has 2 rings (SSSR count). The highest BCUT2D eigenvalue weighted by Crippen LogP contribution is 2.59. The molecule has 0 aromatic heterocycles. The van der Waals surface area contributed by atoms with Crippen molar-refractivity contribution in [2.75, 3.05) is 0 Å². The first-order valence-electron chi connectivity index (χ1n) is 6.50. The van der Waals surface area contributed by atoms with Crippen molar-refractivity contribution < 1.29 is 0 Å². The molecule has 15 heavy (non-hydrogen) atoms. The van der Waals surface area contributed by atoms with E-state index in [4.69, 9.17) is 5.73 Å². The van der Waals surface area contributed by atoms with E-state index in [0.29, 0.717) is 11.5 Å². The molecule has 0 heterocycles. The molecular weight excluding hydrogens is 206 g/mol. The van der Waals surface area contributed by atoms with Gasteiger partial charge in [-0.15, -0.1) is 12.4 Å². The van der Waals surface area contributed by atoms with Crippen LogP contribution in [0.5, 0.6) is 0 Å². The average Bonchev–Trinajstić information content (AvgIpc) is 2.71. The Morgan fingerprint density at radius 1 is 1.13 bits per heavy atom. The van der Waals surface area contributed by atoms with Crippen molar-refractivity contribution in [2.45, 2.75) is 64.8 Å². The lowest BCUT2D eigenvalue weighted by Crippen LogP contribution is -2.46. The third-order valence-corrected chi connectivity index (χ3v) is 4.89. The maximum Gasteiger partial charge on any atom is 0.0127 e. The fourth-order valence-electron chi connectivity index (χ4n) is 4.40. The minimum absolute atomic E-state index is 0. The topological polar surface area (TPSA) is 26.0 Å². The van der Waals surface area contributed by atoms with Gasteiger partial charge < -0.3 is 5.73 Å². The summed E-state index contributed by atoms with van der Waals surface area (Å²) in [6.45, 7) is 4.63. The summed E-state index contributed by atoms with van der Waals surface area (Å²) in [5, 5.41) is 0. The highest BCUT2D eigenvalue weighted by Gasteiger charge is 2.54. The van der Waals surface area contributed by atoms with E-state index in [1.807, 2.05) is 0 Å². The van der Waals surface area contributed by atoms with E-state index in [2.05, 4.69) is 13.8 Å². The SMILES string of the molecule is CCCC1(CCC)[C@H]2CC[C@H](C2)[C@H]1N.Cl. The Balaban J connectivity index is 0.00000112. The van der Waals surface area contributed by atoms with Gasteiger partial charge in [0.15, 0.2) is 0 Å². The van der Waals surface area contributed by atoms with E-state index in [1.54, 1.807) is 0 Å². The molecule has 0 radical (unpaired) electrons. The van der Waals surface area contributed by atoms with Crippen molar-refractivity contribution in [3.8, 4) is 0 Å². The molecule has 2 aliphatic rings. The second kappa shape index (κ2) is 5.05. The van der Waals surface area contributed by atoms with E-state index < -0.39 is 0 Å². The molecule has 2 fully saturated rings. The van der Waals surface area contributed by atoms with Gasteiger partial charge in [0.1, 0.15) is 0 Å². The first kappa shape index (κ1) is 13.3. The molecule has 0 aliphatic heterocycles. The average molecular weight is 232 g/mol. The summed E-state index contributed by atoms with van der Waals surface area (Å²) in [4.78, 5) is 0. The van der Waals surface area contributed by atoms with Crippen LogP contribution in [0.2, 0.25) is 0 Å². The van der Waals surface area contributed by atoms with Crippen LogP contribution in [0, 0.1) is 17.3 Å². The maximum absolute atomic E-state index is 6.47. The first-order valence-corrected chi connectivity index (χ1v) is 6.50. The maximum atomic E-state index is 6.47. The molecule has 2 N–H and O–H groups in total. The molecule has 0 aromatic carbocycles. The Kier molecular flexibility index (Phi) is 4.49. The predicted molar refractivity (Wildman–Crippen MR) is 68.3 cm³/mol. The van der Waals surface area contributed by atoms with Crippen molar-refractivity contribution in [2.24, 2.45) is 23.0 Å². The van der Waals surface area contributed by atoms with E-state index >= 15 is 0 Å². The summed E-state index contributed by atoms with van der Waals surface area (Å²) in [7, 11) is 0. The largest absolute Gasteiger partial charge is 0.327 e. The van der Waals surface area contributed by atoms with Gasteiger partial charge in [-0.2, -0.15) is 0 Å². The van der Waals surface area contributed by atoms with E-state index in [1.165, 1.54) is 44.9 Å². The highest BCUT2D eigenvalue weighted by atomic mass is 35.5. The van der Waals surface area contributed by atoms with Gasteiger partial charge in [0.05, 0.1) is 0 Å². The van der Waals surface area contributed by atoms with Crippen LogP contribution in [-0.4, -0.2) is 6.04 Å². The van der Waals surface area contributed by atoms with Gasteiger partial charge in [-0.05, 0) is 49.4 Å². The Morgan fingerprint density at radius 3 is 2.13 bits per heavy atom. The molecule has 2 bridgehead atoms. The Labute approximate surface area is 101 Å². The quantitative estimate of drug-likeness (QED) is 0.784. The number of hydrogen-bond donors (Lipinski definition) is 1. The lowest BCUT2D eigenvalue weighted by atomic mass is 9.65. The second-order valence-electron chi connectivity index (χ2n) is 5.53. The monoisotopic (exact) mass is 231 g/mol. The van der Waals surface area contributed by atoms with E-state index in [-0.39, 0.29) is 12.4 Å². The number of hydrogen-bond acceptors (Lipinski definition) is 1. The second-order valence-corrected chi connectivity index (χ2v) is 5.53. The van der Waals surface area contributed by atoms with Crippen molar-refractivity contribution in [3.63, 3.8) is 0 Å². The van der Waals surface area contributed by atoms with E-state index in [9.17, 15) is 0 Å². The molecule has 0 aromatic rings. The van der Waals surface area contributed by atoms with Gasteiger partial charge in [-0.1, -0.05) is 26.7 Å². The van der Waals surface area contributed by atoms with Crippen LogP contribution in [0.15, 0.2) is 0 Å². The minimum atomic E-state index is 0. The molecule has 2 saturated carbocycles. The van der Waals surface area contributed by atoms with Crippen molar-refractivity contribution in [3.05, 3.63) is 0 Å². The third kappa shape index (κ3) is 1.93. The molecular formula is C13H26ClN. The fraction of sp³-hybridized carbons (Fsp3) is 1.00. The van der Waals surface area contributed by atoms with Crippen molar-refractivity contribution >= 4 is 12.4 Å². The van der Waals surface area contributed by atoms with Crippen molar-refractivity contribution in [1.29, 1.82) is 0 Å². The fourth-order valence-corrected chi connectivity index (χ4v) is 4.40. The number of nitrogens with two attached hydrogens (primary N) is 1. The standard InChI is InChI=1S/C13H25N.ClH/c1-3-7-13(8-4-2)11-6-5-10(9-11)12(13)14;/h10-12H,3-9,14H2,1-2H3;1H/t10-,11+,12-;/m1./s1. The first-order chi connectivity index (χ1) is 6.74. The predicted octanol–water partition coefficient (Wildman–Crippen LogP) is 3.75. The normalized spacial score (nSPS) is 36.6. The smallest absolute Gasteiger partial charge is 0.0127 e. The van der Waals surface area contributed by atoms with Gasteiger partial charge >= 0.3 is 0 Å². The molecule has 0 unspecified atom stereocenters. The number of fused-ring (bicyclic) bond motifs is 2. The Morgan fingerprint density at radius 2 is 1.73 bits per heavy atom. The Bertz CT molecular complexity index is 195. The summed E-state index contributed by atoms with van der Waals surface area (Å²) < 4.78 is 0. The summed E-state index contributed by atoms with van der Waals surface area (Å²) in [5.74, 6) is 1.85. The van der Waals surface area contributed by atoms with E-state index in [0.717, 1.165) is 11.8 Å². The zero-order chi connectivity index (χ0) is 10.2. The van der Waals surface area contributed by atoms with Gasteiger partial charge in [0.2, 0.25) is 0 Å². The number of rotatable bonds is 4. The van der Waals surface area contributed by atoms with Crippen LogP contribution in [-0.2, 0) is 0 Å². The van der Waals surface area contributed by atoms with Gasteiger partial charge in [-0.25, -0.2) is 0 Å². The molecule has 3 atom stereocenters. The summed E-state index contributed by atoms with van der Waals surface area (Å²) in [6.07, 6.45) is 9.72. The summed E-state index contributed by atoms with van der Waals surface area (Å²) in [6, 6.07) is 0.529. The van der Waals surface area contributed by atoms with Crippen LogP contribution in [0.1, 0.15) is 58.8 Å². The highest BCUT2D eigenvalue weighted by molar-refractivity contribution is 5.85. The van der Waals surface area contributed by atoms with Crippen LogP contribution in [0.3, 0.4) is 0 Å². The molecule has 0 saturated heterocycles. The summed E-state index contributed by atoms with van der Waals surface area (Å²) in [5.41, 5.74) is 7.02. The van der Waals surface area contributed by atoms with Crippen LogP contribution in [0.25, 0.3) is 0 Å². The number of halogens is 1. The minimum Gasteiger partial charge on any atom is -0.327 e. The summed E-state index contributed by atoms with van der Waals surface area (Å²) >= 11 is 0. The lowest BCUT2D eigenvalue weighted by Gasteiger charge is -2.42. The molecule has 0 amide bonds. The van der Waals surface area contributed by atoms with Crippen LogP contribution < -0.4 is 5.73 Å². The molecule has 2 aliphatic carbocycles. The molecule has 90 valence electrons. The zero-order valence-electron chi connectivity index (χ0n) is 10.2. The van der Waals surface area contributed by atoms with Crippen LogP contribution in [0.4, 0.5) is 0 Å². The van der Waals surface area contributed by atoms with Gasteiger partial charge in [-0.3, -0.25) is 0 Å². The van der Waals surface area contributed by atoms with Gasteiger partial charge in [0, 0.05) is 6.04 Å². The van der Waals surface area contributed by atoms with Crippen LogP contribution >= 0.6 is 12.4 Å². The zero-order valence-corrected chi connectivity index (χ0v) is 11.0. The lowest BCUT2D eigenvalue weighted by molar-refractivity contribution is 0.103.